The molecule has 0 atom stereocenters. The summed E-state index contributed by atoms with van der Waals surface area (Å²) in [6.07, 6.45) is 5.91. The highest BCUT2D eigenvalue weighted by Crippen LogP contribution is 2.29. The van der Waals surface area contributed by atoms with Crippen LogP contribution in [-0.4, -0.2) is 41.9 Å². The summed E-state index contributed by atoms with van der Waals surface area (Å²) in [6.45, 7) is 7.23. The van der Waals surface area contributed by atoms with Crippen LogP contribution in [0.1, 0.15) is 44.6 Å². The van der Waals surface area contributed by atoms with Gasteiger partial charge in [0, 0.05) is 30.6 Å². The Bertz CT molecular complexity index is 533. The number of rotatable bonds is 6. The molecule has 1 saturated heterocycles. The molecule has 0 aromatic heterocycles. The summed E-state index contributed by atoms with van der Waals surface area (Å²) in [5.41, 5.74) is 1.17. The van der Waals surface area contributed by atoms with E-state index in [0.717, 1.165) is 36.9 Å². The normalized spacial score (nSPS) is 19.9. The minimum atomic E-state index is 0.263. The largest absolute Gasteiger partial charge is 0.337 e. The Hall–Kier alpha value is -1.06. The molecule has 2 fully saturated rings. The number of carbonyl (C=O) groups excluding carboxylic acids is 1. The van der Waals surface area contributed by atoms with Crippen LogP contribution in [0.5, 0.6) is 0 Å². The Morgan fingerprint density at radius 1 is 1.17 bits per heavy atom. The van der Waals surface area contributed by atoms with Gasteiger partial charge in [0.05, 0.1) is 0 Å². The lowest BCUT2D eigenvalue weighted by atomic mass is 9.84. The van der Waals surface area contributed by atoms with E-state index < -0.39 is 0 Å². The highest BCUT2D eigenvalue weighted by molar-refractivity contribution is 6.30. The molecule has 0 spiro atoms. The van der Waals surface area contributed by atoms with Crippen molar-refractivity contribution in [3.8, 4) is 0 Å². The van der Waals surface area contributed by atoms with Crippen LogP contribution < -0.4 is 0 Å². The highest BCUT2D eigenvalue weighted by atomic mass is 35.5. The third-order valence-corrected chi connectivity index (χ3v) is 5.87. The summed E-state index contributed by atoms with van der Waals surface area (Å²) < 4.78 is 0. The molecule has 0 radical (unpaired) electrons. The van der Waals surface area contributed by atoms with Crippen LogP contribution in [0.3, 0.4) is 0 Å². The molecule has 1 saturated carbocycles. The monoisotopic (exact) mass is 348 g/mol. The van der Waals surface area contributed by atoms with Crippen molar-refractivity contribution in [3.05, 3.63) is 34.9 Å². The van der Waals surface area contributed by atoms with E-state index in [1.54, 1.807) is 0 Å². The first-order valence-corrected chi connectivity index (χ1v) is 9.75. The first kappa shape index (κ1) is 17.8. The van der Waals surface area contributed by atoms with Crippen LogP contribution >= 0.6 is 11.6 Å². The minimum absolute atomic E-state index is 0.263. The predicted octanol–water partition coefficient (Wildman–Crippen LogP) is 4.20. The van der Waals surface area contributed by atoms with Crippen LogP contribution in [0, 0.1) is 11.8 Å². The van der Waals surface area contributed by atoms with E-state index in [-0.39, 0.29) is 5.92 Å². The van der Waals surface area contributed by atoms with Crippen LogP contribution in [0.25, 0.3) is 0 Å². The number of halogens is 1. The van der Waals surface area contributed by atoms with Gasteiger partial charge < -0.3 is 9.80 Å². The molecular weight excluding hydrogens is 320 g/mol. The van der Waals surface area contributed by atoms with Gasteiger partial charge in [-0.2, -0.15) is 0 Å². The fourth-order valence-corrected chi connectivity index (χ4v) is 3.66. The number of carbonyl (C=O) groups is 1. The van der Waals surface area contributed by atoms with Crippen molar-refractivity contribution in [1.29, 1.82) is 0 Å². The average molecular weight is 349 g/mol. The minimum Gasteiger partial charge on any atom is -0.337 e. The molecule has 2 aliphatic rings. The van der Waals surface area contributed by atoms with Crippen LogP contribution in [0.4, 0.5) is 0 Å². The van der Waals surface area contributed by atoms with Gasteiger partial charge in [0.15, 0.2) is 0 Å². The molecule has 1 heterocycles. The molecule has 1 aromatic rings. The van der Waals surface area contributed by atoms with Gasteiger partial charge in [-0.15, -0.1) is 0 Å². The van der Waals surface area contributed by atoms with Crippen molar-refractivity contribution in [2.24, 2.45) is 11.8 Å². The Balaban J connectivity index is 1.58. The number of nitrogens with zero attached hydrogens (tertiary/aromatic N) is 2. The Morgan fingerprint density at radius 2 is 1.83 bits per heavy atom. The number of hydrogen-bond acceptors (Lipinski definition) is 2. The highest BCUT2D eigenvalue weighted by Gasteiger charge is 2.29. The summed E-state index contributed by atoms with van der Waals surface area (Å²) in [5.74, 6) is 1.46. The van der Waals surface area contributed by atoms with Gasteiger partial charge in [-0.25, -0.2) is 0 Å². The first-order chi connectivity index (χ1) is 11.6. The van der Waals surface area contributed by atoms with Crippen LogP contribution in [0.2, 0.25) is 5.02 Å². The van der Waals surface area contributed by atoms with Crippen molar-refractivity contribution >= 4 is 17.5 Å². The SMILES string of the molecule is CC1CCN(CCN(Cc2ccc(Cl)cc2)C(=O)C2CCC2)CC1. The maximum atomic E-state index is 12.8. The summed E-state index contributed by atoms with van der Waals surface area (Å²) in [6, 6.07) is 7.89. The number of piperidine rings is 1. The van der Waals surface area contributed by atoms with E-state index >= 15 is 0 Å². The van der Waals surface area contributed by atoms with Gasteiger partial charge in [0.25, 0.3) is 0 Å². The van der Waals surface area contributed by atoms with E-state index in [1.165, 1.54) is 37.9 Å². The number of benzene rings is 1. The summed E-state index contributed by atoms with van der Waals surface area (Å²) in [7, 11) is 0. The number of amides is 1. The Labute approximate surface area is 151 Å². The van der Waals surface area contributed by atoms with E-state index in [9.17, 15) is 4.79 Å². The zero-order valence-corrected chi connectivity index (χ0v) is 15.5. The topological polar surface area (TPSA) is 23.6 Å². The van der Waals surface area contributed by atoms with Gasteiger partial charge in [-0.3, -0.25) is 4.79 Å². The average Bonchev–Trinajstić information content (AvgIpc) is 2.53. The van der Waals surface area contributed by atoms with Crippen molar-refractivity contribution in [1.82, 2.24) is 9.80 Å². The van der Waals surface area contributed by atoms with Gasteiger partial charge >= 0.3 is 0 Å². The maximum Gasteiger partial charge on any atom is 0.226 e. The zero-order chi connectivity index (χ0) is 16.9. The molecule has 24 heavy (non-hydrogen) atoms. The molecule has 1 aromatic carbocycles. The lowest BCUT2D eigenvalue weighted by Crippen LogP contribution is -2.44. The Kier molecular flexibility index (Phi) is 6.18. The zero-order valence-electron chi connectivity index (χ0n) is 14.7. The second kappa shape index (κ2) is 8.35. The van der Waals surface area contributed by atoms with Gasteiger partial charge in [0.1, 0.15) is 0 Å². The van der Waals surface area contributed by atoms with Crippen LogP contribution in [0.15, 0.2) is 24.3 Å². The molecule has 132 valence electrons. The number of likely N-dealkylation sites (tertiary alicyclic amines) is 1. The van der Waals surface area contributed by atoms with E-state index in [4.69, 9.17) is 11.6 Å². The molecule has 1 amide bonds. The van der Waals surface area contributed by atoms with Crippen molar-refractivity contribution in [2.45, 2.75) is 45.6 Å². The third kappa shape index (κ3) is 4.73. The van der Waals surface area contributed by atoms with Gasteiger partial charge in [-0.1, -0.05) is 37.1 Å². The molecule has 0 unspecified atom stereocenters. The van der Waals surface area contributed by atoms with Crippen LogP contribution in [-0.2, 0) is 11.3 Å². The maximum absolute atomic E-state index is 12.8. The van der Waals surface area contributed by atoms with Crippen molar-refractivity contribution in [2.75, 3.05) is 26.2 Å². The molecular formula is C20H29ClN2O. The predicted molar refractivity (Wildman–Crippen MR) is 99.0 cm³/mol. The van der Waals surface area contributed by atoms with Crippen molar-refractivity contribution < 1.29 is 4.79 Å². The Morgan fingerprint density at radius 3 is 2.42 bits per heavy atom. The fraction of sp³-hybridized carbons (Fsp3) is 0.650. The molecule has 1 aliphatic heterocycles. The fourth-order valence-electron chi connectivity index (χ4n) is 3.54. The second-order valence-electron chi connectivity index (χ2n) is 7.54. The molecule has 1 aliphatic carbocycles. The second-order valence-corrected chi connectivity index (χ2v) is 7.97. The summed E-state index contributed by atoms with van der Waals surface area (Å²) in [5, 5.41) is 0.748. The lowest BCUT2D eigenvalue weighted by Gasteiger charge is -2.35. The van der Waals surface area contributed by atoms with E-state index in [2.05, 4.69) is 16.7 Å². The lowest BCUT2D eigenvalue weighted by molar-refractivity contribution is -0.139. The molecule has 3 nitrogen and oxygen atoms in total. The van der Waals surface area contributed by atoms with Crippen molar-refractivity contribution in [3.63, 3.8) is 0 Å². The smallest absolute Gasteiger partial charge is 0.226 e. The standard InChI is InChI=1S/C20H29ClN2O/c1-16-9-11-22(12-10-16)13-14-23(20(24)18-3-2-4-18)15-17-5-7-19(21)8-6-17/h5-8,16,18H,2-4,9-15H2,1H3. The summed E-state index contributed by atoms with van der Waals surface area (Å²) >= 11 is 5.98. The first-order valence-electron chi connectivity index (χ1n) is 9.37. The quantitative estimate of drug-likeness (QED) is 0.769. The molecule has 0 bridgehead atoms. The summed E-state index contributed by atoms with van der Waals surface area (Å²) in [4.78, 5) is 17.4. The third-order valence-electron chi connectivity index (χ3n) is 5.62. The molecule has 4 heteroatoms. The molecule has 0 N–H and O–H groups in total. The molecule has 3 rings (SSSR count). The van der Waals surface area contributed by atoms with E-state index in [0.29, 0.717) is 12.5 Å². The van der Waals surface area contributed by atoms with Gasteiger partial charge in [-0.05, 0) is 62.4 Å². The number of hydrogen-bond donors (Lipinski definition) is 0. The van der Waals surface area contributed by atoms with E-state index in [1.807, 2.05) is 24.3 Å². The van der Waals surface area contributed by atoms with Gasteiger partial charge in [0.2, 0.25) is 5.91 Å².